The number of rotatable bonds is 7. The molecule has 3 aromatic rings. The highest BCUT2D eigenvalue weighted by molar-refractivity contribution is 5.94. The van der Waals surface area contributed by atoms with Gasteiger partial charge in [-0.1, -0.05) is 47.6 Å². The second-order valence-corrected chi connectivity index (χ2v) is 7.05. The van der Waals surface area contributed by atoms with E-state index in [9.17, 15) is 4.79 Å². The molecule has 0 saturated heterocycles. The molecule has 1 amide bonds. The number of carbonyl (C=O) groups excluding carboxylic acids is 1. The van der Waals surface area contributed by atoms with Gasteiger partial charge in [0, 0.05) is 44.9 Å². The van der Waals surface area contributed by atoms with E-state index < -0.39 is 0 Å². The highest BCUT2D eigenvalue weighted by Crippen LogP contribution is 2.19. The average molecular weight is 406 g/mol. The van der Waals surface area contributed by atoms with Crippen molar-refractivity contribution in [1.82, 2.24) is 20.7 Å². The van der Waals surface area contributed by atoms with Crippen molar-refractivity contribution in [3.8, 4) is 11.3 Å². The summed E-state index contributed by atoms with van der Waals surface area (Å²) < 4.78 is 5.42. The van der Waals surface area contributed by atoms with Crippen molar-refractivity contribution in [2.75, 3.05) is 27.7 Å². The fraction of sp³-hybridized carbons (Fsp3) is 0.261. The number of benzene rings is 2. The van der Waals surface area contributed by atoms with Crippen LogP contribution in [0.15, 0.2) is 70.2 Å². The lowest BCUT2D eigenvalue weighted by atomic mass is 10.1. The monoisotopic (exact) mass is 405 g/mol. The Bertz CT molecular complexity index is 996. The molecule has 7 nitrogen and oxygen atoms in total. The largest absolute Gasteiger partial charge is 0.356 e. The van der Waals surface area contributed by atoms with E-state index >= 15 is 0 Å². The Morgan fingerprint density at radius 3 is 2.60 bits per heavy atom. The van der Waals surface area contributed by atoms with Gasteiger partial charge >= 0.3 is 0 Å². The Kier molecular flexibility index (Phi) is 7.21. The summed E-state index contributed by atoms with van der Waals surface area (Å²) in [5, 5.41) is 10.6. The second-order valence-electron chi connectivity index (χ2n) is 7.05. The van der Waals surface area contributed by atoms with E-state index in [2.05, 4.69) is 20.8 Å². The Morgan fingerprint density at radius 2 is 1.87 bits per heavy atom. The summed E-state index contributed by atoms with van der Waals surface area (Å²) in [5.41, 5.74) is 3.58. The molecule has 0 fully saturated rings. The van der Waals surface area contributed by atoms with E-state index in [4.69, 9.17) is 4.52 Å². The van der Waals surface area contributed by atoms with Crippen molar-refractivity contribution in [3.63, 3.8) is 0 Å². The zero-order valence-electron chi connectivity index (χ0n) is 17.6. The van der Waals surface area contributed by atoms with Crippen molar-refractivity contribution in [2.45, 2.75) is 13.0 Å². The number of nitrogens with one attached hydrogen (secondary N) is 2. The predicted octanol–water partition coefficient (Wildman–Crippen LogP) is 2.95. The Morgan fingerprint density at radius 1 is 1.07 bits per heavy atom. The van der Waals surface area contributed by atoms with Crippen LogP contribution in [0.25, 0.3) is 11.3 Å². The molecule has 2 aromatic carbocycles. The molecule has 0 radical (unpaired) electrons. The minimum Gasteiger partial charge on any atom is -0.356 e. The number of nitrogens with zero attached hydrogens (tertiary/aromatic N) is 3. The van der Waals surface area contributed by atoms with E-state index in [1.807, 2.05) is 60.7 Å². The fourth-order valence-corrected chi connectivity index (χ4v) is 2.97. The maximum atomic E-state index is 12.1. The standard InChI is InChI=1S/C23H27N5O2/c1-24-23(25-13-12-17-8-7-11-19(14-17)22(29)28(2)3)26-16-20-15-21(30-27-20)18-9-5-4-6-10-18/h4-11,14-15H,12-13,16H2,1-3H3,(H2,24,25,26). The van der Waals surface area contributed by atoms with Gasteiger partial charge in [-0.05, 0) is 24.1 Å². The Balaban J connectivity index is 1.48. The average Bonchev–Trinajstić information content (AvgIpc) is 3.25. The molecule has 1 heterocycles. The molecule has 7 heteroatoms. The van der Waals surface area contributed by atoms with Crippen molar-refractivity contribution in [3.05, 3.63) is 77.5 Å². The van der Waals surface area contributed by atoms with Crippen LogP contribution in [-0.4, -0.2) is 49.6 Å². The first-order valence-corrected chi connectivity index (χ1v) is 9.83. The second kappa shape index (κ2) is 10.2. The lowest BCUT2D eigenvalue weighted by Gasteiger charge is -2.12. The van der Waals surface area contributed by atoms with Crippen LogP contribution in [0, 0.1) is 0 Å². The van der Waals surface area contributed by atoms with Crippen LogP contribution in [0.3, 0.4) is 0 Å². The molecular formula is C23H27N5O2. The van der Waals surface area contributed by atoms with Crippen LogP contribution < -0.4 is 10.6 Å². The van der Waals surface area contributed by atoms with Crippen LogP contribution in [0.2, 0.25) is 0 Å². The van der Waals surface area contributed by atoms with Gasteiger partial charge in [-0.15, -0.1) is 0 Å². The van der Waals surface area contributed by atoms with E-state index in [-0.39, 0.29) is 5.91 Å². The highest BCUT2D eigenvalue weighted by Gasteiger charge is 2.09. The van der Waals surface area contributed by atoms with Crippen LogP contribution in [0.5, 0.6) is 0 Å². The zero-order valence-corrected chi connectivity index (χ0v) is 17.6. The van der Waals surface area contributed by atoms with E-state index in [0.29, 0.717) is 24.6 Å². The molecule has 0 aliphatic carbocycles. The number of carbonyl (C=O) groups is 1. The molecule has 0 aliphatic rings. The molecule has 156 valence electrons. The zero-order chi connectivity index (χ0) is 21.3. The van der Waals surface area contributed by atoms with Gasteiger partial charge in [-0.2, -0.15) is 0 Å². The molecule has 0 bridgehead atoms. The first-order chi connectivity index (χ1) is 14.6. The normalized spacial score (nSPS) is 11.2. The molecule has 0 saturated carbocycles. The lowest BCUT2D eigenvalue weighted by molar-refractivity contribution is 0.0827. The van der Waals surface area contributed by atoms with Gasteiger partial charge < -0.3 is 20.1 Å². The molecule has 2 N–H and O–H groups in total. The van der Waals surface area contributed by atoms with E-state index in [0.717, 1.165) is 29.0 Å². The third kappa shape index (κ3) is 5.70. The van der Waals surface area contributed by atoms with E-state index in [1.165, 1.54) is 0 Å². The van der Waals surface area contributed by atoms with Gasteiger partial charge in [-0.3, -0.25) is 9.79 Å². The van der Waals surface area contributed by atoms with Crippen molar-refractivity contribution >= 4 is 11.9 Å². The number of aromatic nitrogens is 1. The van der Waals surface area contributed by atoms with Gasteiger partial charge in [0.05, 0.1) is 6.54 Å². The molecule has 3 rings (SSSR count). The third-order valence-electron chi connectivity index (χ3n) is 4.56. The van der Waals surface area contributed by atoms with Gasteiger partial charge in [0.2, 0.25) is 0 Å². The lowest BCUT2D eigenvalue weighted by Crippen LogP contribution is -2.37. The van der Waals surface area contributed by atoms with Crippen molar-refractivity contribution in [2.24, 2.45) is 4.99 Å². The van der Waals surface area contributed by atoms with Gasteiger partial charge in [-0.25, -0.2) is 0 Å². The summed E-state index contributed by atoms with van der Waals surface area (Å²) in [7, 11) is 5.23. The van der Waals surface area contributed by atoms with Crippen LogP contribution in [0.1, 0.15) is 21.6 Å². The summed E-state index contributed by atoms with van der Waals surface area (Å²) >= 11 is 0. The summed E-state index contributed by atoms with van der Waals surface area (Å²) in [4.78, 5) is 17.9. The molecular weight excluding hydrogens is 378 g/mol. The quantitative estimate of drug-likeness (QED) is 0.466. The number of hydrogen-bond acceptors (Lipinski definition) is 4. The smallest absolute Gasteiger partial charge is 0.253 e. The molecule has 1 aromatic heterocycles. The number of aliphatic imine (C=N–C) groups is 1. The fourth-order valence-electron chi connectivity index (χ4n) is 2.97. The summed E-state index contributed by atoms with van der Waals surface area (Å²) in [5.74, 6) is 1.42. The predicted molar refractivity (Wildman–Crippen MR) is 118 cm³/mol. The van der Waals surface area contributed by atoms with Gasteiger partial charge in [0.15, 0.2) is 11.7 Å². The topological polar surface area (TPSA) is 82.8 Å². The van der Waals surface area contributed by atoms with Crippen LogP contribution in [0.4, 0.5) is 0 Å². The SMILES string of the molecule is CN=C(NCCc1cccc(C(=O)N(C)C)c1)NCc1cc(-c2ccccc2)on1. The highest BCUT2D eigenvalue weighted by atomic mass is 16.5. The maximum absolute atomic E-state index is 12.1. The molecule has 0 spiro atoms. The van der Waals surface area contributed by atoms with Crippen molar-refractivity contribution in [1.29, 1.82) is 0 Å². The Hall–Kier alpha value is -3.61. The third-order valence-corrected chi connectivity index (χ3v) is 4.56. The van der Waals surface area contributed by atoms with Crippen LogP contribution in [-0.2, 0) is 13.0 Å². The number of hydrogen-bond donors (Lipinski definition) is 2. The van der Waals surface area contributed by atoms with Gasteiger partial charge in [0.1, 0.15) is 5.69 Å². The Labute approximate surface area is 176 Å². The molecule has 0 atom stereocenters. The molecule has 0 unspecified atom stereocenters. The minimum absolute atomic E-state index is 0.00442. The molecule has 0 aliphatic heterocycles. The summed E-state index contributed by atoms with van der Waals surface area (Å²) in [6.07, 6.45) is 0.775. The first-order valence-electron chi connectivity index (χ1n) is 9.83. The maximum Gasteiger partial charge on any atom is 0.253 e. The van der Waals surface area contributed by atoms with Crippen molar-refractivity contribution < 1.29 is 9.32 Å². The first kappa shape index (κ1) is 21.1. The summed E-state index contributed by atoms with van der Waals surface area (Å²) in [6.45, 7) is 1.19. The molecule has 30 heavy (non-hydrogen) atoms. The minimum atomic E-state index is 0.00442. The number of guanidine groups is 1. The van der Waals surface area contributed by atoms with Gasteiger partial charge in [0.25, 0.3) is 5.91 Å². The van der Waals surface area contributed by atoms with Crippen LogP contribution >= 0.6 is 0 Å². The van der Waals surface area contributed by atoms with E-state index in [1.54, 1.807) is 26.0 Å². The number of amides is 1. The summed E-state index contributed by atoms with van der Waals surface area (Å²) in [6, 6.07) is 19.5.